The van der Waals surface area contributed by atoms with Crippen LogP contribution in [0.4, 0.5) is 4.79 Å². The second-order valence-corrected chi connectivity index (χ2v) is 8.25. The van der Waals surface area contributed by atoms with E-state index < -0.39 is 11.6 Å². The van der Waals surface area contributed by atoms with Crippen LogP contribution < -0.4 is 5.32 Å². The van der Waals surface area contributed by atoms with Gasteiger partial charge >= 0.3 is 6.03 Å². The van der Waals surface area contributed by atoms with E-state index in [1.165, 1.54) is 4.90 Å². The summed E-state index contributed by atoms with van der Waals surface area (Å²) in [5.74, 6) is -0.530. The zero-order valence-electron chi connectivity index (χ0n) is 15.4. The highest BCUT2D eigenvalue weighted by atomic mass is 35.5. The maximum Gasteiger partial charge on any atom is 0.325 e. The summed E-state index contributed by atoms with van der Waals surface area (Å²) < 4.78 is 0. The molecule has 1 aliphatic carbocycles. The summed E-state index contributed by atoms with van der Waals surface area (Å²) in [5, 5.41) is 3.72. The molecule has 3 rings (SSSR count). The quantitative estimate of drug-likeness (QED) is 0.771. The van der Waals surface area contributed by atoms with Crippen molar-refractivity contribution >= 4 is 41.0 Å². The van der Waals surface area contributed by atoms with Crippen molar-refractivity contribution in [1.29, 1.82) is 0 Å². The van der Waals surface area contributed by atoms with Gasteiger partial charge in [-0.15, -0.1) is 0 Å². The molecule has 27 heavy (non-hydrogen) atoms. The molecular formula is C19H23Cl2N3O3. The number of hydrogen-bond donors (Lipinski definition) is 1. The molecule has 2 fully saturated rings. The van der Waals surface area contributed by atoms with Gasteiger partial charge in [-0.05, 0) is 36.5 Å². The fourth-order valence-electron chi connectivity index (χ4n) is 3.90. The number of amides is 4. The molecule has 1 aliphatic heterocycles. The Hall–Kier alpha value is -1.79. The minimum Gasteiger partial charge on any atom is -0.340 e. The van der Waals surface area contributed by atoms with E-state index in [2.05, 4.69) is 5.32 Å². The lowest BCUT2D eigenvalue weighted by atomic mass is 9.73. The normalized spacial score (nSPS) is 25.0. The highest BCUT2D eigenvalue weighted by Crippen LogP contribution is 2.38. The van der Waals surface area contributed by atoms with Crippen molar-refractivity contribution in [2.75, 3.05) is 13.6 Å². The molecule has 0 unspecified atom stereocenters. The van der Waals surface area contributed by atoms with Crippen molar-refractivity contribution < 1.29 is 14.4 Å². The molecule has 4 amide bonds. The van der Waals surface area contributed by atoms with Crippen molar-refractivity contribution in [3.05, 3.63) is 33.8 Å². The Morgan fingerprint density at radius 2 is 2.04 bits per heavy atom. The molecule has 1 saturated carbocycles. The molecule has 1 N–H and O–H groups in total. The van der Waals surface area contributed by atoms with Crippen LogP contribution in [-0.4, -0.2) is 46.8 Å². The third-order valence-corrected chi connectivity index (χ3v) is 6.36. The number of nitrogens with zero attached hydrogens (tertiary/aromatic N) is 2. The van der Waals surface area contributed by atoms with Crippen molar-refractivity contribution in [3.8, 4) is 0 Å². The van der Waals surface area contributed by atoms with Gasteiger partial charge in [-0.25, -0.2) is 4.79 Å². The van der Waals surface area contributed by atoms with Crippen LogP contribution in [0.25, 0.3) is 0 Å². The van der Waals surface area contributed by atoms with Gasteiger partial charge in [-0.2, -0.15) is 0 Å². The van der Waals surface area contributed by atoms with E-state index in [1.807, 2.05) is 6.92 Å². The number of likely N-dealkylation sites (N-methyl/N-ethyl adjacent to an activating group) is 1. The van der Waals surface area contributed by atoms with Crippen molar-refractivity contribution in [2.24, 2.45) is 5.92 Å². The Bertz CT molecular complexity index is 785. The number of imide groups is 1. The average Bonchev–Trinajstić information content (AvgIpc) is 2.85. The van der Waals surface area contributed by atoms with E-state index in [9.17, 15) is 14.4 Å². The first-order valence-electron chi connectivity index (χ1n) is 9.06. The third kappa shape index (κ3) is 3.78. The fraction of sp³-hybridized carbons (Fsp3) is 0.526. The van der Waals surface area contributed by atoms with Gasteiger partial charge in [0.15, 0.2) is 0 Å². The first-order chi connectivity index (χ1) is 12.7. The van der Waals surface area contributed by atoms with Gasteiger partial charge in [0.05, 0.1) is 10.0 Å². The second kappa shape index (κ2) is 7.68. The number of carbonyl (C=O) groups excluding carboxylic acids is 3. The highest BCUT2D eigenvalue weighted by Gasteiger charge is 2.55. The van der Waals surface area contributed by atoms with Gasteiger partial charge in [-0.1, -0.05) is 49.0 Å². The lowest BCUT2D eigenvalue weighted by Crippen LogP contribution is -2.54. The molecule has 1 aromatic carbocycles. The molecule has 146 valence electrons. The van der Waals surface area contributed by atoms with Crippen molar-refractivity contribution in [1.82, 2.24) is 15.1 Å². The van der Waals surface area contributed by atoms with E-state index in [-0.39, 0.29) is 24.3 Å². The third-order valence-electron chi connectivity index (χ3n) is 5.62. The number of hydrogen-bond acceptors (Lipinski definition) is 3. The molecule has 0 aromatic heterocycles. The number of halogens is 2. The Morgan fingerprint density at radius 3 is 2.70 bits per heavy atom. The van der Waals surface area contributed by atoms with Gasteiger partial charge in [-0.3, -0.25) is 14.5 Å². The first kappa shape index (κ1) is 20.0. The minimum atomic E-state index is -0.849. The number of nitrogens with one attached hydrogen (secondary N) is 1. The number of carbonyl (C=O) groups is 3. The van der Waals surface area contributed by atoms with Gasteiger partial charge in [0, 0.05) is 13.6 Å². The number of rotatable bonds is 4. The maximum absolute atomic E-state index is 12.9. The molecule has 1 spiro atoms. The summed E-state index contributed by atoms with van der Waals surface area (Å²) in [6, 6.07) is 4.67. The van der Waals surface area contributed by atoms with Gasteiger partial charge in [0.2, 0.25) is 5.91 Å². The summed E-state index contributed by atoms with van der Waals surface area (Å²) in [5.41, 5.74) is -0.0347. The predicted molar refractivity (Wildman–Crippen MR) is 104 cm³/mol. The van der Waals surface area contributed by atoms with Crippen LogP contribution in [0.2, 0.25) is 10.0 Å². The van der Waals surface area contributed by atoms with Crippen molar-refractivity contribution in [3.63, 3.8) is 0 Å². The lowest BCUT2D eigenvalue weighted by Gasteiger charge is -2.36. The van der Waals surface area contributed by atoms with Crippen LogP contribution >= 0.6 is 23.2 Å². The monoisotopic (exact) mass is 411 g/mol. The summed E-state index contributed by atoms with van der Waals surface area (Å²) in [4.78, 5) is 40.4. The summed E-state index contributed by atoms with van der Waals surface area (Å²) in [7, 11) is 1.63. The molecule has 6 nitrogen and oxygen atoms in total. The predicted octanol–water partition coefficient (Wildman–Crippen LogP) is 3.45. The molecule has 0 bridgehead atoms. The van der Waals surface area contributed by atoms with Crippen LogP contribution in [0.3, 0.4) is 0 Å². The first-order valence-corrected chi connectivity index (χ1v) is 9.82. The van der Waals surface area contributed by atoms with Crippen molar-refractivity contribution in [2.45, 2.75) is 44.7 Å². The molecule has 1 saturated heterocycles. The summed E-state index contributed by atoms with van der Waals surface area (Å²) in [6.45, 7) is 2.02. The molecular weight excluding hydrogens is 389 g/mol. The molecule has 2 atom stereocenters. The number of urea groups is 1. The standard InChI is InChI=1S/C19H23Cl2N3O3/c1-12-5-3-4-8-19(12)17(26)24(18(27)22-19)11-16(25)23(2)10-13-6-7-14(20)15(21)9-13/h6-7,9,12H,3-5,8,10-11H2,1-2H3,(H,22,27)/t12-,19-/m0/s1. The molecule has 2 aliphatic rings. The zero-order chi connectivity index (χ0) is 19.8. The van der Waals surface area contributed by atoms with E-state index in [0.29, 0.717) is 23.0 Å². The zero-order valence-corrected chi connectivity index (χ0v) is 16.9. The minimum absolute atomic E-state index is 0.0664. The van der Waals surface area contributed by atoms with Gasteiger partial charge in [0.25, 0.3) is 5.91 Å². The van der Waals surface area contributed by atoms with Crippen LogP contribution in [0.1, 0.15) is 38.2 Å². The van der Waals surface area contributed by atoms with Crippen LogP contribution in [0, 0.1) is 5.92 Å². The molecule has 0 radical (unpaired) electrons. The maximum atomic E-state index is 12.9. The SMILES string of the molecule is C[C@H]1CCCC[C@]12NC(=O)N(CC(=O)N(C)Cc1ccc(Cl)c(Cl)c1)C2=O. The Labute approximate surface area is 168 Å². The van der Waals surface area contributed by atoms with Crippen LogP contribution in [-0.2, 0) is 16.1 Å². The number of benzene rings is 1. The van der Waals surface area contributed by atoms with Crippen LogP contribution in [0.5, 0.6) is 0 Å². The summed E-state index contributed by atoms with van der Waals surface area (Å²) >= 11 is 11.9. The van der Waals surface area contributed by atoms with E-state index >= 15 is 0 Å². The molecule has 8 heteroatoms. The highest BCUT2D eigenvalue weighted by molar-refractivity contribution is 6.42. The lowest BCUT2D eigenvalue weighted by molar-refractivity contribution is -0.140. The Morgan fingerprint density at radius 1 is 1.30 bits per heavy atom. The van der Waals surface area contributed by atoms with Gasteiger partial charge < -0.3 is 10.2 Å². The Kier molecular flexibility index (Phi) is 5.68. The smallest absolute Gasteiger partial charge is 0.325 e. The van der Waals surface area contributed by atoms with Crippen LogP contribution in [0.15, 0.2) is 18.2 Å². The Balaban J connectivity index is 1.67. The topological polar surface area (TPSA) is 69.7 Å². The van der Waals surface area contributed by atoms with Gasteiger partial charge in [0.1, 0.15) is 12.1 Å². The molecule has 1 aromatic rings. The second-order valence-electron chi connectivity index (χ2n) is 7.44. The van der Waals surface area contributed by atoms with E-state index in [1.54, 1.807) is 25.2 Å². The summed E-state index contributed by atoms with van der Waals surface area (Å²) in [6.07, 6.45) is 3.47. The van der Waals surface area contributed by atoms with E-state index in [4.69, 9.17) is 23.2 Å². The van der Waals surface area contributed by atoms with E-state index in [0.717, 1.165) is 29.7 Å². The fourth-order valence-corrected chi connectivity index (χ4v) is 4.22. The largest absolute Gasteiger partial charge is 0.340 e. The average molecular weight is 412 g/mol. The molecule has 1 heterocycles.